The maximum atomic E-state index is 12.1. The van der Waals surface area contributed by atoms with E-state index in [1.165, 1.54) is 0 Å². The zero-order chi connectivity index (χ0) is 20.0. The summed E-state index contributed by atoms with van der Waals surface area (Å²) >= 11 is 6.00. The summed E-state index contributed by atoms with van der Waals surface area (Å²) in [5, 5.41) is 0.400. The average molecular weight is 391 g/mol. The van der Waals surface area contributed by atoms with Crippen LogP contribution in [0.25, 0.3) is 0 Å². The van der Waals surface area contributed by atoms with E-state index >= 15 is 0 Å². The number of para-hydroxylation sites is 1. The van der Waals surface area contributed by atoms with Crippen LogP contribution in [0.1, 0.15) is 25.0 Å². The van der Waals surface area contributed by atoms with Crippen molar-refractivity contribution in [1.82, 2.24) is 10.9 Å². The van der Waals surface area contributed by atoms with Gasteiger partial charge in [0.05, 0.1) is 5.02 Å². The molecule has 0 bridgehead atoms. The van der Waals surface area contributed by atoms with Crippen molar-refractivity contribution in [1.29, 1.82) is 0 Å². The van der Waals surface area contributed by atoms with Gasteiger partial charge < -0.3 is 9.47 Å². The number of halogens is 1. The molecule has 2 N–H and O–H groups in total. The van der Waals surface area contributed by atoms with Gasteiger partial charge in [0.25, 0.3) is 11.8 Å². The van der Waals surface area contributed by atoms with Crippen molar-refractivity contribution < 1.29 is 19.1 Å². The van der Waals surface area contributed by atoms with Gasteiger partial charge in [0.2, 0.25) is 0 Å². The number of hydrogen-bond acceptors (Lipinski definition) is 4. The summed E-state index contributed by atoms with van der Waals surface area (Å²) in [6.45, 7) is 7.12. The van der Waals surface area contributed by atoms with Gasteiger partial charge in [-0.1, -0.05) is 29.8 Å². The number of ether oxygens (including phenoxy) is 2. The Hall–Kier alpha value is -2.73. The Morgan fingerprint density at radius 1 is 0.889 bits per heavy atom. The van der Waals surface area contributed by atoms with Gasteiger partial charge in [-0.25, -0.2) is 0 Å². The third kappa shape index (κ3) is 5.89. The minimum Gasteiger partial charge on any atom is -0.481 e. The van der Waals surface area contributed by atoms with Crippen molar-refractivity contribution in [3.8, 4) is 11.5 Å². The Kier molecular flexibility index (Phi) is 7.07. The van der Waals surface area contributed by atoms with E-state index in [4.69, 9.17) is 21.1 Å². The van der Waals surface area contributed by atoms with E-state index in [9.17, 15) is 9.59 Å². The molecule has 0 aliphatic carbocycles. The lowest BCUT2D eigenvalue weighted by Crippen LogP contribution is -2.50. The van der Waals surface area contributed by atoms with E-state index in [-0.39, 0.29) is 0 Å². The van der Waals surface area contributed by atoms with E-state index in [0.29, 0.717) is 16.5 Å². The van der Waals surface area contributed by atoms with Gasteiger partial charge >= 0.3 is 0 Å². The van der Waals surface area contributed by atoms with Crippen molar-refractivity contribution in [2.45, 2.75) is 39.9 Å². The van der Waals surface area contributed by atoms with Crippen LogP contribution in [0, 0.1) is 13.8 Å². The molecule has 0 spiro atoms. The maximum Gasteiger partial charge on any atom is 0.279 e. The zero-order valence-electron chi connectivity index (χ0n) is 15.7. The summed E-state index contributed by atoms with van der Waals surface area (Å²) in [7, 11) is 0. The molecule has 0 fully saturated rings. The summed E-state index contributed by atoms with van der Waals surface area (Å²) in [6, 6.07) is 12.4. The van der Waals surface area contributed by atoms with Crippen molar-refractivity contribution in [2.75, 3.05) is 0 Å². The van der Waals surface area contributed by atoms with Crippen LogP contribution in [0.15, 0.2) is 42.5 Å². The lowest BCUT2D eigenvalue weighted by molar-refractivity contribution is -0.135. The van der Waals surface area contributed by atoms with Crippen molar-refractivity contribution >= 4 is 23.4 Å². The zero-order valence-corrected chi connectivity index (χ0v) is 16.5. The number of amides is 2. The second kappa shape index (κ2) is 9.28. The van der Waals surface area contributed by atoms with Crippen LogP contribution in [0.3, 0.4) is 0 Å². The van der Waals surface area contributed by atoms with E-state index in [1.807, 2.05) is 26.0 Å². The standard InChI is InChI=1S/C20H23ClN2O4/c1-12-9-10-16(11-13(12)2)26-14(3)19(24)22-23-20(25)15(4)27-18-8-6-5-7-17(18)21/h5-11,14-15H,1-4H3,(H,22,24)(H,23,25). The van der Waals surface area contributed by atoms with E-state index in [1.54, 1.807) is 44.2 Å². The molecule has 0 heterocycles. The third-order valence-electron chi connectivity index (χ3n) is 3.98. The third-order valence-corrected chi connectivity index (χ3v) is 4.29. The second-order valence-corrected chi connectivity index (χ2v) is 6.58. The van der Waals surface area contributed by atoms with Crippen LogP contribution >= 0.6 is 11.6 Å². The first kappa shape index (κ1) is 20.6. The Morgan fingerprint density at radius 3 is 2.07 bits per heavy atom. The molecule has 144 valence electrons. The van der Waals surface area contributed by atoms with E-state index in [2.05, 4.69) is 10.9 Å². The summed E-state index contributed by atoms with van der Waals surface area (Å²) in [5.74, 6) is -0.0183. The first-order valence-electron chi connectivity index (χ1n) is 8.52. The minimum absolute atomic E-state index is 0.389. The normalized spacial score (nSPS) is 12.6. The minimum atomic E-state index is -0.846. The highest BCUT2D eigenvalue weighted by atomic mass is 35.5. The highest BCUT2D eigenvalue weighted by Crippen LogP contribution is 2.24. The lowest BCUT2D eigenvalue weighted by atomic mass is 10.1. The molecule has 2 atom stereocenters. The van der Waals surface area contributed by atoms with Gasteiger partial charge in [-0.3, -0.25) is 20.4 Å². The van der Waals surface area contributed by atoms with Crippen LogP contribution in [-0.2, 0) is 9.59 Å². The van der Waals surface area contributed by atoms with Gasteiger partial charge in [-0.05, 0) is 63.1 Å². The molecular weight excluding hydrogens is 368 g/mol. The van der Waals surface area contributed by atoms with Crippen molar-refractivity contribution in [3.63, 3.8) is 0 Å². The molecule has 0 aliphatic rings. The largest absolute Gasteiger partial charge is 0.481 e. The first-order chi connectivity index (χ1) is 12.8. The summed E-state index contributed by atoms with van der Waals surface area (Å²) in [5.41, 5.74) is 6.86. The van der Waals surface area contributed by atoms with Crippen LogP contribution in [-0.4, -0.2) is 24.0 Å². The van der Waals surface area contributed by atoms with Gasteiger partial charge in [0.1, 0.15) is 11.5 Å². The number of carbonyl (C=O) groups excluding carboxylic acids is 2. The molecular formula is C20H23ClN2O4. The molecule has 2 aromatic carbocycles. The highest BCUT2D eigenvalue weighted by Gasteiger charge is 2.19. The number of benzene rings is 2. The van der Waals surface area contributed by atoms with Crippen molar-refractivity contribution in [3.05, 3.63) is 58.6 Å². The number of carbonyl (C=O) groups is 2. The SMILES string of the molecule is Cc1ccc(OC(C)C(=O)NNC(=O)C(C)Oc2ccccc2Cl)cc1C. The maximum absolute atomic E-state index is 12.1. The molecule has 27 heavy (non-hydrogen) atoms. The number of aryl methyl sites for hydroxylation is 2. The molecule has 2 rings (SSSR count). The lowest BCUT2D eigenvalue weighted by Gasteiger charge is -2.18. The molecule has 2 aromatic rings. The quantitative estimate of drug-likeness (QED) is 0.741. The number of hydrogen-bond donors (Lipinski definition) is 2. The fourth-order valence-electron chi connectivity index (χ4n) is 2.16. The van der Waals surface area contributed by atoms with Crippen molar-refractivity contribution in [2.24, 2.45) is 0 Å². The monoisotopic (exact) mass is 390 g/mol. The molecule has 0 aromatic heterocycles. The molecule has 0 radical (unpaired) electrons. The Bertz CT molecular complexity index is 825. The number of hydrazine groups is 1. The van der Waals surface area contributed by atoms with E-state index < -0.39 is 24.0 Å². The average Bonchev–Trinajstić information content (AvgIpc) is 2.64. The Balaban J connectivity index is 1.83. The van der Waals surface area contributed by atoms with Crippen LogP contribution in [0.2, 0.25) is 5.02 Å². The fourth-order valence-corrected chi connectivity index (χ4v) is 2.34. The summed E-state index contributed by atoms with van der Waals surface area (Å²) < 4.78 is 11.1. The molecule has 0 aliphatic heterocycles. The summed E-state index contributed by atoms with van der Waals surface area (Å²) in [6.07, 6.45) is -1.63. The molecule has 6 nitrogen and oxygen atoms in total. The van der Waals surface area contributed by atoms with Crippen LogP contribution in [0.5, 0.6) is 11.5 Å². The molecule has 7 heteroatoms. The van der Waals surface area contributed by atoms with Crippen LogP contribution in [0.4, 0.5) is 0 Å². The van der Waals surface area contributed by atoms with E-state index in [0.717, 1.165) is 11.1 Å². The van der Waals surface area contributed by atoms with Gasteiger partial charge in [-0.2, -0.15) is 0 Å². The first-order valence-corrected chi connectivity index (χ1v) is 8.90. The van der Waals surface area contributed by atoms with Gasteiger partial charge in [0, 0.05) is 0 Å². The topological polar surface area (TPSA) is 76.7 Å². The van der Waals surface area contributed by atoms with Gasteiger partial charge in [0.15, 0.2) is 12.2 Å². The predicted octanol–water partition coefficient (Wildman–Crippen LogP) is 3.34. The second-order valence-electron chi connectivity index (χ2n) is 6.18. The fraction of sp³-hybridized carbons (Fsp3) is 0.300. The number of nitrogens with one attached hydrogen (secondary N) is 2. The molecule has 0 saturated carbocycles. The predicted molar refractivity (Wildman–Crippen MR) is 104 cm³/mol. The highest BCUT2D eigenvalue weighted by molar-refractivity contribution is 6.32. The Morgan fingerprint density at radius 2 is 1.48 bits per heavy atom. The smallest absolute Gasteiger partial charge is 0.279 e. The van der Waals surface area contributed by atoms with Gasteiger partial charge in [-0.15, -0.1) is 0 Å². The van der Waals surface area contributed by atoms with Crippen LogP contribution < -0.4 is 20.3 Å². The molecule has 0 saturated heterocycles. The Labute approximate surface area is 163 Å². The molecule has 2 amide bonds. The number of rotatable bonds is 6. The summed E-state index contributed by atoms with van der Waals surface area (Å²) in [4.78, 5) is 24.2. The molecule has 2 unspecified atom stereocenters.